The lowest BCUT2D eigenvalue weighted by atomic mass is 10.1. The van der Waals surface area contributed by atoms with Crippen LogP contribution in [0.5, 0.6) is 0 Å². The molecule has 5 heteroatoms. The Labute approximate surface area is 139 Å². The molecule has 1 N–H and O–H groups in total. The van der Waals surface area contributed by atoms with Gasteiger partial charge in [-0.05, 0) is 25.0 Å². The second kappa shape index (κ2) is 5.58. The zero-order valence-corrected chi connectivity index (χ0v) is 14.0. The first-order valence-electron chi connectivity index (χ1n) is 8.65. The highest BCUT2D eigenvalue weighted by molar-refractivity contribution is 5.90. The van der Waals surface area contributed by atoms with Crippen LogP contribution < -0.4 is 11.0 Å². The lowest BCUT2D eigenvalue weighted by molar-refractivity contribution is 0.465. The average molecular weight is 323 g/mol. The van der Waals surface area contributed by atoms with Gasteiger partial charge in [0, 0.05) is 17.3 Å². The number of hydrogen-bond acceptors (Lipinski definition) is 3. The standard InChI is InChI=1S/C19H21N3O2/c1-11(2)18-21-17-15(19(24)22(18)12-7-3-4-8-12)16(23)13-9-5-6-10-14(13)20-17/h5-6,9-12H,3-4,7-8H2,1-2H3,(H,20,23). The largest absolute Gasteiger partial charge is 0.339 e. The maximum absolute atomic E-state index is 13.2. The maximum Gasteiger partial charge on any atom is 0.267 e. The molecule has 1 aliphatic carbocycles. The summed E-state index contributed by atoms with van der Waals surface area (Å²) in [5.41, 5.74) is 0.707. The van der Waals surface area contributed by atoms with E-state index in [1.54, 1.807) is 10.6 Å². The molecule has 0 saturated heterocycles. The van der Waals surface area contributed by atoms with Gasteiger partial charge < -0.3 is 4.98 Å². The highest BCUT2D eigenvalue weighted by Crippen LogP contribution is 2.31. The minimum absolute atomic E-state index is 0.123. The van der Waals surface area contributed by atoms with Crippen molar-refractivity contribution in [1.29, 1.82) is 0 Å². The summed E-state index contributed by atoms with van der Waals surface area (Å²) < 4.78 is 1.80. The van der Waals surface area contributed by atoms with Gasteiger partial charge in [0.15, 0.2) is 0 Å². The van der Waals surface area contributed by atoms with E-state index in [0.717, 1.165) is 37.0 Å². The quantitative estimate of drug-likeness (QED) is 0.734. The number of fused-ring (bicyclic) bond motifs is 2. The smallest absolute Gasteiger partial charge is 0.267 e. The SMILES string of the molecule is CC(C)c1nc2[nH]c3ccccc3c(=O)c2c(=O)n1C1CCCC1. The van der Waals surface area contributed by atoms with E-state index in [-0.39, 0.29) is 28.3 Å². The monoisotopic (exact) mass is 323 g/mol. The molecule has 3 aromatic rings. The number of benzene rings is 1. The van der Waals surface area contributed by atoms with Crippen molar-refractivity contribution in [2.45, 2.75) is 51.5 Å². The van der Waals surface area contributed by atoms with Crippen LogP contribution in [-0.2, 0) is 0 Å². The highest BCUT2D eigenvalue weighted by Gasteiger charge is 2.25. The van der Waals surface area contributed by atoms with E-state index in [1.165, 1.54) is 0 Å². The van der Waals surface area contributed by atoms with E-state index in [2.05, 4.69) is 4.98 Å². The van der Waals surface area contributed by atoms with Crippen LogP contribution in [0.3, 0.4) is 0 Å². The van der Waals surface area contributed by atoms with Crippen LogP contribution in [0.2, 0.25) is 0 Å². The van der Waals surface area contributed by atoms with Gasteiger partial charge in [0.05, 0.1) is 5.52 Å². The van der Waals surface area contributed by atoms with E-state index >= 15 is 0 Å². The first kappa shape index (κ1) is 15.1. The minimum atomic E-state index is -0.223. The van der Waals surface area contributed by atoms with E-state index < -0.39 is 0 Å². The van der Waals surface area contributed by atoms with Gasteiger partial charge in [-0.25, -0.2) is 4.98 Å². The van der Waals surface area contributed by atoms with E-state index in [4.69, 9.17) is 4.98 Å². The molecule has 1 aromatic carbocycles. The Balaban J connectivity index is 2.15. The Bertz CT molecular complexity index is 1040. The van der Waals surface area contributed by atoms with Crippen LogP contribution >= 0.6 is 0 Å². The van der Waals surface area contributed by atoms with Gasteiger partial charge in [0.2, 0.25) is 5.43 Å². The Morgan fingerprint density at radius 2 is 1.88 bits per heavy atom. The molecule has 0 amide bonds. The van der Waals surface area contributed by atoms with E-state index in [0.29, 0.717) is 11.0 Å². The van der Waals surface area contributed by atoms with Gasteiger partial charge >= 0.3 is 0 Å². The second-order valence-electron chi connectivity index (χ2n) is 6.96. The van der Waals surface area contributed by atoms with Crippen molar-refractivity contribution in [3.8, 4) is 0 Å². The summed E-state index contributed by atoms with van der Waals surface area (Å²) in [6.45, 7) is 4.08. The molecule has 5 nitrogen and oxygen atoms in total. The van der Waals surface area contributed by atoms with Crippen LogP contribution in [0, 0.1) is 0 Å². The van der Waals surface area contributed by atoms with Crippen molar-refractivity contribution in [2.24, 2.45) is 0 Å². The molecular weight excluding hydrogens is 302 g/mol. The molecule has 0 radical (unpaired) electrons. The van der Waals surface area contributed by atoms with Gasteiger partial charge in [0.25, 0.3) is 5.56 Å². The van der Waals surface area contributed by atoms with Crippen molar-refractivity contribution in [3.63, 3.8) is 0 Å². The number of pyridine rings is 1. The number of hydrogen-bond donors (Lipinski definition) is 1. The molecule has 24 heavy (non-hydrogen) atoms. The van der Waals surface area contributed by atoms with E-state index in [1.807, 2.05) is 32.0 Å². The molecule has 0 spiro atoms. The molecule has 1 fully saturated rings. The van der Waals surface area contributed by atoms with Crippen molar-refractivity contribution >= 4 is 21.9 Å². The first-order valence-corrected chi connectivity index (χ1v) is 8.65. The molecule has 1 saturated carbocycles. The van der Waals surface area contributed by atoms with Gasteiger partial charge in [0.1, 0.15) is 16.9 Å². The lowest BCUT2D eigenvalue weighted by Crippen LogP contribution is -2.32. The molecule has 0 aliphatic heterocycles. The average Bonchev–Trinajstić information content (AvgIpc) is 3.08. The Morgan fingerprint density at radius 1 is 1.17 bits per heavy atom. The summed E-state index contributed by atoms with van der Waals surface area (Å²) in [6, 6.07) is 7.44. The summed E-state index contributed by atoms with van der Waals surface area (Å²) in [7, 11) is 0. The van der Waals surface area contributed by atoms with Gasteiger partial charge in [-0.1, -0.05) is 38.8 Å². The lowest BCUT2D eigenvalue weighted by Gasteiger charge is -2.20. The fourth-order valence-electron chi connectivity index (χ4n) is 3.82. The summed E-state index contributed by atoms with van der Waals surface area (Å²) in [5.74, 6) is 0.892. The number of nitrogens with zero attached hydrogens (tertiary/aromatic N) is 2. The zero-order valence-electron chi connectivity index (χ0n) is 14.0. The van der Waals surface area contributed by atoms with Gasteiger partial charge in [-0.15, -0.1) is 0 Å². The van der Waals surface area contributed by atoms with Gasteiger partial charge in [-0.3, -0.25) is 14.2 Å². The summed E-state index contributed by atoms with van der Waals surface area (Å²) >= 11 is 0. The molecular formula is C19H21N3O2. The molecule has 0 unspecified atom stereocenters. The predicted octanol–water partition coefficient (Wildman–Crippen LogP) is 3.48. The van der Waals surface area contributed by atoms with Crippen molar-refractivity contribution in [1.82, 2.24) is 14.5 Å². The van der Waals surface area contributed by atoms with Crippen molar-refractivity contribution < 1.29 is 0 Å². The number of H-pyrrole nitrogens is 1. The van der Waals surface area contributed by atoms with Gasteiger partial charge in [-0.2, -0.15) is 0 Å². The molecule has 4 rings (SSSR count). The van der Waals surface area contributed by atoms with E-state index in [9.17, 15) is 9.59 Å². The van der Waals surface area contributed by atoms with Crippen LogP contribution in [0.25, 0.3) is 21.9 Å². The number of nitrogens with one attached hydrogen (secondary N) is 1. The highest BCUT2D eigenvalue weighted by atomic mass is 16.1. The number of aromatic amines is 1. The summed E-state index contributed by atoms with van der Waals surface area (Å²) in [6.07, 6.45) is 4.22. The van der Waals surface area contributed by atoms with Crippen LogP contribution in [0.15, 0.2) is 33.9 Å². The Morgan fingerprint density at radius 3 is 2.58 bits per heavy atom. The Kier molecular flexibility index (Phi) is 3.52. The third-order valence-electron chi connectivity index (χ3n) is 5.00. The molecule has 1 aliphatic rings. The van der Waals surface area contributed by atoms with Crippen LogP contribution in [0.4, 0.5) is 0 Å². The summed E-state index contributed by atoms with van der Waals surface area (Å²) in [4.78, 5) is 34.0. The molecule has 0 atom stereocenters. The fourth-order valence-corrected chi connectivity index (χ4v) is 3.82. The second-order valence-corrected chi connectivity index (χ2v) is 6.96. The number of rotatable bonds is 2. The topological polar surface area (TPSA) is 67.8 Å². The molecule has 2 heterocycles. The third-order valence-corrected chi connectivity index (χ3v) is 5.00. The fraction of sp³-hybridized carbons (Fsp3) is 0.421. The number of aromatic nitrogens is 3. The zero-order chi connectivity index (χ0) is 16.8. The Hall–Kier alpha value is -2.43. The third kappa shape index (κ3) is 2.19. The first-order chi connectivity index (χ1) is 11.6. The van der Waals surface area contributed by atoms with Crippen LogP contribution in [0.1, 0.15) is 57.3 Å². The predicted molar refractivity (Wildman–Crippen MR) is 95.7 cm³/mol. The molecule has 0 bridgehead atoms. The minimum Gasteiger partial charge on any atom is -0.339 e. The maximum atomic E-state index is 13.2. The van der Waals surface area contributed by atoms with Crippen LogP contribution in [-0.4, -0.2) is 14.5 Å². The molecule has 2 aromatic heterocycles. The molecule has 124 valence electrons. The van der Waals surface area contributed by atoms with Crippen molar-refractivity contribution in [3.05, 3.63) is 50.7 Å². The summed E-state index contributed by atoms with van der Waals surface area (Å²) in [5, 5.41) is 0.726. The normalized spacial score (nSPS) is 15.8. The van der Waals surface area contributed by atoms with Crippen molar-refractivity contribution in [2.75, 3.05) is 0 Å². The number of para-hydroxylation sites is 1.